The van der Waals surface area contributed by atoms with Crippen LogP contribution < -0.4 is 0 Å². The van der Waals surface area contributed by atoms with Crippen LogP contribution in [-0.2, 0) is 0 Å². The van der Waals surface area contributed by atoms with Gasteiger partial charge < -0.3 is 0 Å². The Labute approximate surface area is 130 Å². The van der Waals surface area contributed by atoms with Crippen LogP contribution in [-0.4, -0.2) is 4.98 Å². The summed E-state index contributed by atoms with van der Waals surface area (Å²) in [5.74, 6) is 1.85. The molecular weight excluding hydrogens is 254 g/mol. The quantitative estimate of drug-likeness (QED) is 0.651. The lowest BCUT2D eigenvalue weighted by atomic mass is 9.81. The Balaban J connectivity index is 0.00000106. The lowest BCUT2D eigenvalue weighted by Gasteiger charge is -2.23. The fourth-order valence-corrected chi connectivity index (χ4v) is 2.67. The van der Waals surface area contributed by atoms with E-state index in [0.717, 1.165) is 0 Å². The summed E-state index contributed by atoms with van der Waals surface area (Å²) in [7, 11) is 0. The molecule has 114 valence electrons. The van der Waals surface area contributed by atoms with Crippen LogP contribution in [0.25, 0.3) is 0 Å². The van der Waals surface area contributed by atoms with Crippen LogP contribution in [0.15, 0.2) is 54.9 Å². The standard InChI is InChI=1S/C18H23N.C2H6/c1-14(16(3)18-9-11-19-12-10-18)13-15(2)17-7-5-4-6-8-17;1-2/h4-12,14-16H,13H2,1-3H3;1-2H3. The summed E-state index contributed by atoms with van der Waals surface area (Å²) in [6.07, 6.45) is 4.99. The summed E-state index contributed by atoms with van der Waals surface area (Å²) in [6.45, 7) is 11.0. The second-order valence-corrected chi connectivity index (χ2v) is 5.59. The predicted molar refractivity (Wildman–Crippen MR) is 92.6 cm³/mol. The molecule has 21 heavy (non-hydrogen) atoms. The monoisotopic (exact) mass is 283 g/mol. The normalized spacial score (nSPS) is 14.5. The van der Waals surface area contributed by atoms with Gasteiger partial charge in [-0.2, -0.15) is 0 Å². The Kier molecular flexibility index (Phi) is 7.74. The summed E-state index contributed by atoms with van der Waals surface area (Å²) in [5, 5.41) is 0. The summed E-state index contributed by atoms with van der Waals surface area (Å²) in [6, 6.07) is 15.1. The van der Waals surface area contributed by atoms with Gasteiger partial charge in [-0.3, -0.25) is 4.98 Å². The topological polar surface area (TPSA) is 12.9 Å². The highest BCUT2D eigenvalue weighted by molar-refractivity contribution is 5.20. The maximum Gasteiger partial charge on any atom is 0.0270 e. The zero-order valence-electron chi connectivity index (χ0n) is 14.1. The maximum absolute atomic E-state index is 4.10. The van der Waals surface area contributed by atoms with Crippen molar-refractivity contribution in [2.45, 2.75) is 52.9 Å². The molecule has 0 fully saturated rings. The van der Waals surface area contributed by atoms with Gasteiger partial charge in [0.15, 0.2) is 0 Å². The fourth-order valence-electron chi connectivity index (χ4n) is 2.67. The van der Waals surface area contributed by atoms with Crippen molar-refractivity contribution in [1.29, 1.82) is 0 Å². The third kappa shape index (κ3) is 5.34. The van der Waals surface area contributed by atoms with E-state index < -0.39 is 0 Å². The van der Waals surface area contributed by atoms with Crippen LogP contribution in [0.1, 0.15) is 64.0 Å². The molecule has 0 amide bonds. The van der Waals surface area contributed by atoms with Gasteiger partial charge in [0.25, 0.3) is 0 Å². The predicted octanol–water partition coefficient (Wildman–Crippen LogP) is 6.04. The Hall–Kier alpha value is -1.63. The van der Waals surface area contributed by atoms with E-state index in [1.807, 2.05) is 26.2 Å². The van der Waals surface area contributed by atoms with Gasteiger partial charge in [0.1, 0.15) is 0 Å². The van der Waals surface area contributed by atoms with Gasteiger partial charge >= 0.3 is 0 Å². The van der Waals surface area contributed by atoms with Gasteiger partial charge in [0.2, 0.25) is 0 Å². The highest BCUT2D eigenvalue weighted by atomic mass is 14.6. The largest absolute Gasteiger partial charge is 0.265 e. The van der Waals surface area contributed by atoms with Crippen molar-refractivity contribution in [2.24, 2.45) is 5.92 Å². The van der Waals surface area contributed by atoms with Crippen molar-refractivity contribution in [3.8, 4) is 0 Å². The van der Waals surface area contributed by atoms with E-state index in [1.54, 1.807) is 0 Å². The van der Waals surface area contributed by atoms with Gasteiger partial charge in [0.05, 0.1) is 0 Å². The highest BCUT2D eigenvalue weighted by Gasteiger charge is 2.17. The average Bonchev–Trinajstić information content (AvgIpc) is 2.57. The molecule has 1 heteroatoms. The van der Waals surface area contributed by atoms with E-state index in [-0.39, 0.29) is 0 Å². The molecule has 1 aromatic carbocycles. The molecule has 0 saturated carbocycles. The molecule has 1 aromatic heterocycles. The van der Waals surface area contributed by atoms with Crippen LogP contribution in [0.3, 0.4) is 0 Å². The van der Waals surface area contributed by atoms with Crippen LogP contribution in [0, 0.1) is 5.92 Å². The number of aromatic nitrogens is 1. The summed E-state index contributed by atoms with van der Waals surface area (Å²) in [4.78, 5) is 4.10. The number of rotatable bonds is 5. The molecule has 0 radical (unpaired) electrons. The van der Waals surface area contributed by atoms with E-state index in [0.29, 0.717) is 17.8 Å². The van der Waals surface area contributed by atoms with Crippen LogP contribution in [0.4, 0.5) is 0 Å². The molecule has 2 rings (SSSR count). The minimum atomic E-state index is 0.578. The minimum absolute atomic E-state index is 0.578. The molecular formula is C20H29N. The summed E-state index contributed by atoms with van der Waals surface area (Å²) >= 11 is 0. The lowest BCUT2D eigenvalue weighted by Crippen LogP contribution is -2.10. The van der Waals surface area contributed by atoms with E-state index >= 15 is 0 Å². The molecule has 0 N–H and O–H groups in total. The smallest absolute Gasteiger partial charge is 0.0270 e. The zero-order chi connectivity index (χ0) is 15.7. The number of hydrogen-bond acceptors (Lipinski definition) is 1. The van der Waals surface area contributed by atoms with Crippen LogP contribution in [0.5, 0.6) is 0 Å². The first-order valence-corrected chi connectivity index (χ1v) is 8.13. The molecule has 3 unspecified atom stereocenters. The van der Waals surface area contributed by atoms with Crippen LogP contribution in [0.2, 0.25) is 0 Å². The Morgan fingerprint density at radius 3 is 1.95 bits per heavy atom. The SMILES string of the molecule is CC.CC(CC(C)C(C)c1ccncc1)c1ccccc1. The lowest BCUT2D eigenvalue weighted by molar-refractivity contribution is 0.420. The average molecular weight is 283 g/mol. The highest BCUT2D eigenvalue weighted by Crippen LogP contribution is 2.32. The van der Waals surface area contributed by atoms with Gasteiger partial charge in [-0.25, -0.2) is 0 Å². The second-order valence-electron chi connectivity index (χ2n) is 5.59. The molecule has 0 bridgehead atoms. The van der Waals surface area contributed by atoms with Crippen molar-refractivity contribution < 1.29 is 0 Å². The fraction of sp³-hybridized carbons (Fsp3) is 0.450. The number of benzene rings is 1. The first-order valence-electron chi connectivity index (χ1n) is 8.13. The molecule has 1 heterocycles. The van der Waals surface area contributed by atoms with Crippen molar-refractivity contribution >= 4 is 0 Å². The first kappa shape index (κ1) is 17.4. The number of pyridine rings is 1. The van der Waals surface area contributed by atoms with Gasteiger partial charge in [-0.05, 0) is 47.4 Å². The summed E-state index contributed by atoms with van der Waals surface area (Å²) in [5.41, 5.74) is 2.83. The molecule has 1 nitrogen and oxygen atoms in total. The van der Waals surface area contributed by atoms with Crippen molar-refractivity contribution in [3.05, 3.63) is 66.0 Å². The molecule has 0 aliphatic rings. The van der Waals surface area contributed by atoms with Crippen molar-refractivity contribution in [2.75, 3.05) is 0 Å². The first-order chi connectivity index (χ1) is 10.2. The van der Waals surface area contributed by atoms with Crippen molar-refractivity contribution in [3.63, 3.8) is 0 Å². The number of hydrogen-bond donors (Lipinski definition) is 0. The van der Waals surface area contributed by atoms with Gasteiger partial charge in [-0.1, -0.05) is 65.0 Å². The zero-order valence-corrected chi connectivity index (χ0v) is 14.1. The Morgan fingerprint density at radius 1 is 0.810 bits per heavy atom. The third-order valence-electron chi connectivity index (χ3n) is 4.18. The maximum atomic E-state index is 4.10. The summed E-state index contributed by atoms with van der Waals surface area (Å²) < 4.78 is 0. The Bertz CT molecular complexity index is 478. The minimum Gasteiger partial charge on any atom is -0.265 e. The molecule has 0 aliphatic heterocycles. The van der Waals surface area contributed by atoms with Gasteiger partial charge in [0, 0.05) is 12.4 Å². The molecule has 3 atom stereocenters. The van der Waals surface area contributed by atoms with Crippen LogP contribution >= 0.6 is 0 Å². The Morgan fingerprint density at radius 2 is 1.38 bits per heavy atom. The van der Waals surface area contributed by atoms with Gasteiger partial charge in [-0.15, -0.1) is 0 Å². The molecule has 0 aliphatic carbocycles. The van der Waals surface area contributed by atoms with Crippen molar-refractivity contribution in [1.82, 2.24) is 4.98 Å². The third-order valence-corrected chi connectivity index (χ3v) is 4.18. The second kappa shape index (κ2) is 9.33. The van der Waals surface area contributed by atoms with E-state index in [4.69, 9.17) is 0 Å². The van der Waals surface area contributed by atoms with E-state index in [1.165, 1.54) is 17.5 Å². The molecule has 2 aromatic rings. The van der Waals surface area contributed by atoms with E-state index in [9.17, 15) is 0 Å². The van der Waals surface area contributed by atoms with E-state index in [2.05, 4.69) is 68.2 Å². The number of nitrogens with zero attached hydrogens (tertiary/aromatic N) is 1. The molecule has 0 spiro atoms. The molecule has 0 saturated heterocycles.